The van der Waals surface area contributed by atoms with Gasteiger partial charge in [0.05, 0.1) is 16.4 Å². The fourth-order valence-corrected chi connectivity index (χ4v) is 2.96. The molecule has 0 fully saturated rings. The van der Waals surface area contributed by atoms with Crippen molar-refractivity contribution in [3.63, 3.8) is 0 Å². The van der Waals surface area contributed by atoms with Crippen molar-refractivity contribution in [2.45, 2.75) is 25.3 Å². The Bertz CT molecular complexity index is 753. The van der Waals surface area contributed by atoms with Crippen LogP contribution in [0.5, 0.6) is 0 Å². The largest absolute Gasteiger partial charge is 0.326 e. The maximum absolute atomic E-state index is 6.30. The predicted octanol–water partition coefficient (Wildman–Crippen LogP) is 4.74. The molecule has 3 aromatic rings. The number of nitrogens with zero attached hydrogens (tertiary/aromatic N) is 3. The number of imidazole rings is 1. The molecule has 0 radical (unpaired) electrons. The summed E-state index contributed by atoms with van der Waals surface area (Å²) in [6, 6.07) is 10.2. The second kappa shape index (κ2) is 6.16. The van der Waals surface area contributed by atoms with Gasteiger partial charge >= 0.3 is 0 Å². The molecule has 1 atom stereocenters. The van der Waals surface area contributed by atoms with Gasteiger partial charge in [0.2, 0.25) is 0 Å². The summed E-state index contributed by atoms with van der Waals surface area (Å²) >= 11 is 9.82. The standard InChI is InChI=1S/C16H15BrClN3/c1-11(18)16-20-14-3-2-13(17)10-15(14)21(16)9-6-12-4-7-19-8-5-12/h2-5,7-8,10-11H,6,9H2,1H3. The molecule has 0 aliphatic carbocycles. The summed E-state index contributed by atoms with van der Waals surface area (Å²) in [6.07, 6.45) is 4.57. The van der Waals surface area contributed by atoms with Crippen molar-refractivity contribution in [3.8, 4) is 0 Å². The zero-order valence-corrected chi connectivity index (χ0v) is 14.0. The van der Waals surface area contributed by atoms with Crippen LogP contribution in [0.1, 0.15) is 23.7 Å². The van der Waals surface area contributed by atoms with Gasteiger partial charge in [0, 0.05) is 23.4 Å². The average molecular weight is 365 g/mol. The molecule has 5 heteroatoms. The lowest BCUT2D eigenvalue weighted by Gasteiger charge is -2.10. The number of pyridine rings is 1. The lowest BCUT2D eigenvalue weighted by molar-refractivity contribution is 0.668. The van der Waals surface area contributed by atoms with Gasteiger partial charge in [0.1, 0.15) is 5.82 Å². The minimum atomic E-state index is -0.117. The molecule has 0 aliphatic heterocycles. The fraction of sp³-hybridized carbons (Fsp3) is 0.250. The monoisotopic (exact) mass is 363 g/mol. The highest BCUT2D eigenvalue weighted by atomic mass is 79.9. The van der Waals surface area contributed by atoms with Crippen molar-refractivity contribution < 1.29 is 0 Å². The molecule has 3 nitrogen and oxygen atoms in total. The molecule has 0 N–H and O–H groups in total. The second-order valence-corrected chi connectivity index (χ2v) is 6.55. The van der Waals surface area contributed by atoms with Crippen molar-refractivity contribution in [3.05, 3.63) is 58.6 Å². The van der Waals surface area contributed by atoms with Crippen LogP contribution in [0, 0.1) is 0 Å². The minimum absolute atomic E-state index is 0.117. The van der Waals surface area contributed by atoms with E-state index < -0.39 is 0 Å². The molecule has 0 bridgehead atoms. The number of hydrogen-bond donors (Lipinski definition) is 0. The number of benzene rings is 1. The molecule has 2 heterocycles. The Labute approximate surface area is 137 Å². The summed E-state index contributed by atoms with van der Waals surface area (Å²) in [5.74, 6) is 0.916. The third kappa shape index (κ3) is 3.11. The van der Waals surface area contributed by atoms with Crippen LogP contribution in [0.3, 0.4) is 0 Å². The van der Waals surface area contributed by atoms with Crippen molar-refractivity contribution >= 4 is 38.6 Å². The van der Waals surface area contributed by atoms with E-state index in [0.29, 0.717) is 0 Å². The van der Waals surface area contributed by atoms with Crippen molar-refractivity contribution in [2.75, 3.05) is 0 Å². The van der Waals surface area contributed by atoms with Gasteiger partial charge in [-0.15, -0.1) is 11.6 Å². The van der Waals surface area contributed by atoms with Crippen LogP contribution >= 0.6 is 27.5 Å². The van der Waals surface area contributed by atoms with Crippen molar-refractivity contribution in [1.29, 1.82) is 0 Å². The van der Waals surface area contributed by atoms with E-state index in [-0.39, 0.29) is 5.38 Å². The zero-order valence-electron chi connectivity index (χ0n) is 11.6. The third-order valence-corrected chi connectivity index (χ3v) is 4.16. The third-order valence-electron chi connectivity index (χ3n) is 3.47. The Morgan fingerprint density at radius 1 is 1.24 bits per heavy atom. The molecule has 21 heavy (non-hydrogen) atoms. The van der Waals surface area contributed by atoms with E-state index in [1.807, 2.05) is 43.6 Å². The quantitative estimate of drug-likeness (QED) is 0.626. The van der Waals surface area contributed by atoms with Gasteiger partial charge < -0.3 is 4.57 Å². The van der Waals surface area contributed by atoms with Gasteiger partial charge in [0.15, 0.2) is 0 Å². The molecule has 0 saturated heterocycles. The van der Waals surface area contributed by atoms with Crippen molar-refractivity contribution in [2.24, 2.45) is 0 Å². The SMILES string of the molecule is CC(Cl)c1nc2ccc(Br)cc2n1CCc1ccncc1. The number of aromatic nitrogens is 3. The van der Waals surface area contributed by atoms with Crippen LogP contribution in [-0.4, -0.2) is 14.5 Å². The molecule has 2 aromatic heterocycles. The number of alkyl halides is 1. The van der Waals surface area contributed by atoms with Crippen LogP contribution in [0.25, 0.3) is 11.0 Å². The van der Waals surface area contributed by atoms with Crippen LogP contribution in [0.15, 0.2) is 47.2 Å². The Balaban J connectivity index is 1.98. The normalized spacial score (nSPS) is 12.7. The molecule has 0 amide bonds. The average Bonchev–Trinajstić information content (AvgIpc) is 2.84. The first-order chi connectivity index (χ1) is 10.1. The summed E-state index contributed by atoms with van der Waals surface area (Å²) < 4.78 is 3.26. The van der Waals surface area contributed by atoms with E-state index in [9.17, 15) is 0 Å². The van der Waals surface area contributed by atoms with Crippen molar-refractivity contribution in [1.82, 2.24) is 14.5 Å². The van der Waals surface area contributed by atoms with E-state index in [0.717, 1.165) is 34.3 Å². The number of fused-ring (bicyclic) bond motifs is 1. The van der Waals surface area contributed by atoms with E-state index in [1.54, 1.807) is 0 Å². The maximum Gasteiger partial charge on any atom is 0.127 e. The van der Waals surface area contributed by atoms with Gasteiger partial charge in [0.25, 0.3) is 0 Å². The molecule has 0 spiro atoms. The second-order valence-electron chi connectivity index (χ2n) is 4.98. The van der Waals surface area contributed by atoms with E-state index in [1.165, 1.54) is 5.56 Å². The topological polar surface area (TPSA) is 30.7 Å². The highest BCUT2D eigenvalue weighted by Gasteiger charge is 2.15. The summed E-state index contributed by atoms with van der Waals surface area (Å²) in [4.78, 5) is 8.71. The molecule has 0 saturated carbocycles. The molecule has 1 unspecified atom stereocenters. The van der Waals surface area contributed by atoms with E-state index in [4.69, 9.17) is 11.6 Å². The Kier molecular flexibility index (Phi) is 4.27. The summed E-state index contributed by atoms with van der Waals surface area (Å²) in [6.45, 7) is 2.81. The van der Waals surface area contributed by atoms with Gasteiger partial charge in [-0.1, -0.05) is 15.9 Å². The van der Waals surface area contributed by atoms with Crippen LogP contribution < -0.4 is 0 Å². The number of hydrogen-bond acceptors (Lipinski definition) is 2. The van der Waals surface area contributed by atoms with E-state index in [2.05, 4.69) is 36.5 Å². The number of rotatable bonds is 4. The number of aryl methyl sites for hydroxylation is 2. The number of halogens is 2. The van der Waals surface area contributed by atoms with E-state index >= 15 is 0 Å². The molecule has 0 aliphatic rings. The van der Waals surface area contributed by atoms with Gasteiger partial charge in [-0.3, -0.25) is 4.98 Å². The predicted molar refractivity (Wildman–Crippen MR) is 89.6 cm³/mol. The Hall–Kier alpha value is -1.39. The molecule has 108 valence electrons. The first kappa shape index (κ1) is 14.5. The van der Waals surface area contributed by atoms with Crippen LogP contribution in [0.2, 0.25) is 0 Å². The highest BCUT2D eigenvalue weighted by molar-refractivity contribution is 9.10. The summed E-state index contributed by atoms with van der Waals surface area (Å²) in [5, 5.41) is -0.117. The maximum atomic E-state index is 6.30. The highest BCUT2D eigenvalue weighted by Crippen LogP contribution is 2.27. The van der Waals surface area contributed by atoms with Gasteiger partial charge in [-0.25, -0.2) is 4.98 Å². The lowest BCUT2D eigenvalue weighted by atomic mass is 10.2. The zero-order chi connectivity index (χ0) is 14.8. The van der Waals surface area contributed by atoms with Crippen LogP contribution in [-0.2, 0) is 13.0 Å². The molecule has 1 aromatic carbocycles. The first-order valence-corrected chi connectivity index (χ1v) is 8.07. The molecule has 3 rings (SSSR count). The minimum Gasteiger partial charge on any atom is -0.326 e. The molecular weight excluding hydrogens is 350 g/mol. The Morgan fingerprint density at radius 3 is 2.71 bits per heavy atom. The summed E-state index contributed by atoms with van der Waals surface area (Å²) in [7, 11) is 0. The fourth-order valence-electron chi connectivity index (χ4n) is 2.44. The van der Waals surface area contributed by atoms with Gasteiger partial charge in [-0.05, 0) is 49.2 Å². The summed E-state index contributed by atoms with van der Waals surface area (Å²) in [5.41, 5.74) is 3.35. The lowest BCUT2D eigenvalue weighted by Crippen LogP contribution is -2.07. The Morgan fingerprint density at radius 2 is 2.00 bits per heavy atom. The van der Waals surface area contributed by atoms with Gasteiger partial charge in [-0.2, -0.15) is 0 Å². The smallest absolute Gasteiger partial charge is 0.127 e. The van der Waals surface area contributed by atoms with Crippen LogP contribution in [0.4, 0.5) is 0 Å². The first-order valence-electron chi connectivity index (χ1n) is 6.84. The molecular formula is C16H15BrClN3.